The number of amides is 2. The van der Waals surface area contributed by atoms with Crippen LogP contribution >= 0.6 is 0 Å². The second kappa shape index (κ2) is 6.92. The van der Waals surface area contributed by atoms with Crippen molar-refractivity contribution >= 4 is 12.0 Å². The molecule has 6 nitrogen and oxygen atoms in total. The van der Waals surface area contributed by atoms with Crippen LogP contribution in [0.1, 0.15) is 40.5 Å². The zero-order valence-electron chi connectivity index (χ0n) is 13.0. The van der Waals surface area contributed by atoms with Crippen LogP contribution in [0.3, 0.4) is 0 Å². The van der Waals surface area contributed by atoms with Gasteiger partial charge in [-0.3, -0.25) is 9.69 Å². The molecule has 1 saturated heterocycles. The molecule has 0 saturated carbocycles. The lowest BCUT2D eigenvalue weighted by atomic mass is 10.1. The molecule has 2 N–H and O–H groups in total. The van der Waals surface area contributed by atoms with Gasteiger partial charge in [0.05, 0.1) is 0 Å². The fourth-order valence-corrected chi connectivity index (χ4v) is 2.39. The van der Waals surface area contributed by atoms with Crippen LogP contribution < -0.4 is 5.32 Å². The molecule has 1 fully saturated rings. The van der Waals surface area contributed by atoms with Crippen LogP contribution in [0.2, 0.25) is 0 Å². The maximum absolute atomic E-state index is 12.2. The van der Waals surface area contributed by atoms with Gasteiger partial charge < -0.3 is 15.3 Å². The third kappa shape index (κ3) is 5.00. The summed E-state index contributed by atoms with van der Waals surface area (Å²) in [5.41, 5.74) is -0.515. The molecule has 1 aliphatic rings. The number of nitrogens with zero attached hydrogens (tertiary/aromatic N) is 2. The highest BCUT2D eigenvalue weighted by atomic mass is 16.4. The minimum Gasteiger partial charge on any atom is -0.480 e. The molecular formula is C14H27N3O3. The maximum atomic E-state index is 12.2. The number of aliphatic carboxylic acids is 1. The van der Waals surface area contributed by atoms with Gasteiger partial charge in [-0.25, -0.2) is 4.79 Å². The SMILES string of the molecule is CC(CNC(=O)N(CC(=O)O)C(C)(C)C)N1CCCC1. The zero-order valence-corrected chi connectivity index (χ0v) is 13.0. The van der Waals surface area contributed by atoms with E-state index >= 15 is 0 Å². The van der Waals surface area contributed by atoms with Gasteiger partial charge >= 0.3 is 12.0 Å². The number of carbonyl (C=O) groups is 2. The first-order valence-electron chi connectivity index (χ1n) is 7.23. The van der Waals surface area contributed by atoms with Gasteiger partial charge in [0, 0.05) is 18.1 Å². The number of carboxylic acids is 1. The summed E-state index contributed by atoms with van der Waals surface area (Å²) in [5, 5.41) is 11.8. The first kappa shape index (κ1) is 16.8. The second-order valence-electron chi connectivity index (χ2n) is 6.43. The van der Waals surface area contributed by atoms with Crippen molar-refractivity contribution in [3.63, 3.8) is 0 Å². The van der Waals surface area contributed by atoms with Crippen molar-refractivity contribution in [2.75, 3.05) is 26.2 Å². The topological polar surface area (TPSA) is 72.9 Å². The summed E-state index contributed by atoms with van der Waals surface area (Å²) in [7, 11) is 0. The van der Waals surface area contributed by atoms with E-state index in [9.17, 15) is 9.59 Å². The zero-order chi connectivity index (χ0) is 15.3. The maximum Gasteiger partial charge on any atom is 0.323 e. The van der Waals surface area contributed by atoms with E-state index in [0.717, 1.165) is 13.1 Å². The molecule has 1 heterocycles. The number of hydrogen-bond acceptors (Lipinski definition) is 3. The highest BCUT2D eigenvalue weighted by Gasteiger charge is 2.29. The first-order chi connectivity index (χ1) is 9.21. The molecule has 20 heavy (non-hydrogen) atoms. The molecule has 116 valence electrons. The smallest absolute Gasteiger partial charge is 0.323 e. The lowest BCUT2D eigenvalue weighted by molar-refractivity contribution is -0.138. The molecule has 0 spiro atoms. The molecule has 0 bridgehead atoms. The Bertz CT molecular complexity index is 346. The molecule has 1 unspecified atom stereocenters. The summed E-state index contributed by atoms with van der Waals surface area (Å²) in [4.78, 5) is 26.8. The average molecular weight is 285 g/mol. The average Bonchev–Trinajstić information content (AvgIpc) is 2.84. The molecule has 0 aromatic rings. The van der Waals surface area contributed by atoms with Gasteiger partial charge in [0.25, 0.3) is 0 Å². The van der Waals surface area contributed by atoms with E-state index < -0.39 is 11.5 Å². The van der Waals surface area contributed by atoms with Crippen LogP contribution in [0.25, 0.3) is 0 Å². The lowest BCUT2D eigenvalue weighted by Gasteiger charge is -2.35. The molecular weight excluding hydrogens is 258 g/mol. The Balaban J connectivity index is 2.51. The van der Waals surface area contributed by atoms with Gasteiger partial charge in [0.1, 0.15) is 6.54 Å². The van der Waals surface area contributed by atoms with Crippen molar-refractivity contribution in [1.82, 2.24) is 15.1 Å². The van der Waals surface area contributed by atoms with E-state index in [1.807, 2.05) is 20.8 Å². The highest BCUT2D eigenvalue weighted by Crippen LogP contribution is 2.14. The summed E-state index contributed by atoms with van der Waals surface area (Å²) in [6, 6.07) is -0.0287. The first-order valence-corrected chi connectivity index (χ1v) is 7.23. The Morgan fingerprint density at radius 2 is 1.85 bits per heavy atom. The van der Waals surface area contributed by atoms with Crippen LogP contribution in [0.5, 0.6) is 0 Å². The summed E-state index contributed by atoms with van der Waals surface area (Å²) < 4.78 is 0. The number of nitrogens with one attached hydrogen (secondary N) is 1. The van der Waals surface area contributed by atoms with E-state index in [0.29, 0.717) is 6.54 Å². The van der Waals surface area contributed by atoms with Crippen molar-refractivity contribution in [1.29, 1.82) is 0 Å². The fraction of sp³-hybridized carbons (Fsp3) is 0.857. The molecule has 1 rings (SSSR count). The molecule has 0 aromatic heterocycles. The van der Waals surface area contributed by atoms with Crippen LogP contribution in [-0.4, -0.2) is 64.7 Å². The Morgan fingerprint density at radius 1 is 1.30 bits per heavy atom. The van der Waals surface area contributed by atoms with E-state index in [2.05, 4.69) is 17.1 Å². The third-order valence-electron chi connectivity index (χ3n) is 3.66. The van der Waals surface area contributed by atoms with E-state index in [-0.39, 0.29) is 18.6 Å². The Morgan fingerprint density at radius 3 is 2.30 bits per heavy atom. The minimum absolute atomic E-state index is 0.284. The molecule has 6 heteroatoms. The minimum atomic E-state index is -0.998. The van der Waals surface area contributed by atoms with Crippen LogP contribution in [0, 0.1) is 0 Å². The van der Waals surface area contributed by atoms with Gasteiger partial charge in [0.2, 0.25) is 0 Å². The van der Waals surface area contributed by atoms with E-state index in [1.54, 1.807) is 0 Å². The number of hydrogen-bond donors (Lipinski definition) is 2. The largest absolute Gasteiger partial charge is 0.480 e. The number of likely N-dealkylation sites (tertiary alicyclic amines) is 1. The monoisotopic (exact) mass is 285 g/mol. The highest BCUT2D eigenvalue weighted by molar-refractivity contribution is 5.80. The summed E-state index contributed by atoms with van der Waals surface area (Å²) >= 11 is 0. The number of rotatable bonds is 5. The van der Waals surface area contributed by atoms with Crippen molar-refractivity contribution < 1.29 is 14.7 Å². The normalized spacial score (nSPS) is 17.8. The number of carbonyl (C=O) groups excluding carboxylic acids is 1. The molecule has 0 aliphatic carbocycles. The molecule has 1 aliphatic heterocycles. The van der Waals surface area contributed by atoms with Gasteiger partial charge in [0.15, 0.2) is 0 Å². The summed E-state index contributed by atoms with van der Waals surface area (Å²) in [5.74, 6) is -0.998. The van der Waals surface area contributed by atoms with E-state index in [4.69, 9.17) is 5.11 Å². The summed E-state index contributed by atoms with van der Waals surface area (Å²) in [6.45, 7) is 10.0. The van der Waals surface area contributed by atoms with Gasteiger partial charge in [-0.15, -0.1) is 0 Å². The number of carboxylic acid groups (broad SMARTS) is 1. The van der Waals surface area contributed by atoms with Crippen molar-refractivity contribution in [2.45, 2.75) is 52.1 Å². The van der Waals surface area contributed by atoms with E-state index in [1.165, 1.54) is 17.7 Å². The predicted molar refractivity (Wildman–Crippen MR) is 77.8 cm³/mol. The lowest BCUT2D eigenvalue weighted by Crippen LogP contribution is -2.54. The molecule has 2 amide bonds. The Hall–Kier alpha value is -1.30. The van der Waals surface area contributed by atoms with Crippen LogP contribution in [0.4, 0.5) is 4.79 Å². The summed E-state index contributed by atoms with van der Waals surface area (Å²) in [6.07, 6.45) is 2.43. The second-order valence-corrected chi connectivity index (χ2v) is 6.43. The molecule has 1 atom stereocenters. The molecule has 0 aromatic carbocycles. The third-order valence-corrected chi connectivity index (χ3v) is 3.66. The Kier molecular flexibility index (Phi) is 5.80. The fourth-order valence-electron chi connectivity index (χ4n) is 2.39. The van der Waals surface area contributed by atoms with Gasteiger partial charge in [-0.05, 0) is 53.6 Å². The Labute approximate surface area is 121 Å². The van der Waals surface area contributed by atoms with Crippen LogP contribution in [-0.2, 0) is 4.79 Å². The van der Waals surface area contributed by atoms with Gasteiger partial charge in [-0.2, -0.15) is 0 Å². The molecule has 0 radical (unpaired) electrons. The number of urea groups is 1. The van der Waals surface area contributed by atoms with Crippen molar-refractivity contribution in [2.24, 2.45) is 0 Å². The van der Waals surface area contributed by atoms with Gasteiger partial charge in [-0.1, -0.05) is 0 Å². The van der Waals surface area contributed by atoms with Crippen LogP contribution in [0.15, 0.2) is 0 Å². The quantitative estimate of drug-likeness (QED) is 0.800. The standard InChI is InChI=1S/C14H27N3O3/c1-11(16-7-5-6-8-16)9-15-13(20)17(10-12(18)19)14(2,3)4/h11H,5-10H2,1-4H3,(H,15,20)(H,18,19). The predicted octanol–water partition coefficient (Wildman–Crippen LogP) is 1.37. The van der Waals surface area contributed by atoms with Crippen molar-refractivity contribution in [3.05, 3.63) is 0 Å². The van der Waals surface area contributed by atoms with Crippen molar-refractivity contribution in [3.8, 4) is 0 Å².